The number of aliphatic hydroxyl groups is 1. The quantitative estimate of drug-likeness (QED) is 0.630. The number of β-amino-alcohol motifs (C(OH)–C–C–N with tert-alkyl or cyclic N) is 1. The van der Waals surface area contributed by atoms with Crippen molar-refractivity contribution in [2.45, 2.75) is 32.4 Å². The molecule has 0 unspecified atom stereocenters. The van der Waals surface area contributed by atoms with Crippen molar-refractivity contribution in [1.82, 2.24) is 10.2 Å². The Morgan fingerprint density at radius 3 is 2.62 bits per heavy atom. The number of likely N-dealkylation sites (tertiary alicyclic amines) is 1. The molecule has 1 aliphatic heterocycles. The fourth-order valence-corrected chi connectivity index (χ4v) is 1.67. The first-order valence-electron chi connectivity index (χ1n) is 5.37. The van der Waals surface area contributed by atoms with Crippen molar-refractivity contribution in [3.05, 3.63) is 0 Å². The molecule has 0 aromatic carbocycles. The Morgan fingerprint density at radius 2 is 2.12 bits per heavy atom. The first-order valence-corrected chi connectivity index (χ1v) is 5.37. The molecule has 6 nitrogen and oxygen atoms in total. The van der Waals surface area contributed by atoms with Gasteiger partial charge in [-0.05, 0) is 5.92 Å². The van der Waals surface area contributed by atoms with E-state index in [0.717, 1.165) is 0 Å². The topological polar surface area (TPSA) is 89.9 Å². The molecule has 1 saturated heterocycles. The number of rotatable bonds is 3. The van der Waals surface area contributed by atoms with Gasteiger partial charge in [0.1, 0.15) is 6.04 Å². The molecular formula is C10H18N2O4. The zero-order chi connectivity index (χ0) is 12.3. The summed E-state index contributed by atoms with van der Waals surface area (Å²) in [6.45, 7) is 4.49. The van der Waals surface area contributed by atoms with Gasteiger partial charge in [-0.15, -0.1) is 0 Å². The van der Waals surface area contributed by atoms with E-state index in [1.54, 1.807) is 0 Å². The van der Waals surface area contributed by atoms with Crippen molar-refractivity contribution < 1.29 is 19.8 Å². The molecule has 1 fully saturated rings. The molecule has 1 heterocycles. The highest BCUT2D eigenvalue weighted by Crippen LogP contribution is 2.18. The second-order valence-electron chi connectivity index (χ2n) is 4.48. The standard InChI is InChI=1S/C10H18N2O4/c1-6(2)4-11-10(16)12-5-7(13)3-8(12)9(14)15/h6-8,13H,3-5H2,1-2H3,(H,11,16)(H,14,15)/t7-,8-/m1/s1. The van der Waals surface area contributed by atoms with E-state index in [-0.39, 0.29) is 13.0 Å². The minimum absolute atomic E-state index is 0.0842. The van der Waals surface area contributed by atoms with Gasteiger partial charge in [0.2, 0.25) is 0 Å². The number of hydrogen-bond acceptors (Lipinski definition) is 3. The van der Waals surface area contributed by atoms with Crippen LogP contribution < -0.4 is 5.32 Å². The van der Waals surface area contributed by atoms with E-state index >= 15 is 0 Å². The molecule has 2 atom stereocenters. The molecule has 92 valence electrons. The van der Waals surface area contributed by atoms with Gasteiger partial charge < -0.3 is 20.4 Å². The lowest BCUT2D eigenvalue weighted by Crippen LogP contribution is -2.47. The highest BCUT2D eigenvalue weighted by molar-refractivity contribution is 5.83. The largest absolute Gasteiger partial charge is 0.480 e. The van der Waals surface area contributed by atoms with E-state index in [9.17, 15) is 14.7 Å². The van der Waals surface area contributed by atoms with E-state index < -0.39 is 24.1 Å². The minimum atomic E-state index is -1.07. The van der Waals surface area contributed by atoms with E-state index in [4.69, 9.17) is 5.11 Å². The number of carboxylic acid groups (broad SMARTS) is 1. The van der Waals surface area contributed by atoms with Crippen molar-refractivity contribution >= 4 is 12.0 Å². The number of aliphatic hydroxyl groups excluding tert-OH is 1. The van der Waals surface area contributed by atoms with Gasteiger partial charge in [0.15, 0.2) is 0 Å². The number of amides is 2. The molecule has 0 spiro atoms. The van der Waals surface area contributed by atoms with Gasteiger partial charge in [0.05, 0.1) is 6.10 Å². The average Bonchev–Trinajstić information content (AvgIpc) is 2.56. The van der Waals surface area contributed by atoms with Crippen LogP contribution in [0.25, 0.3) is 0 Å². The Balaban J connectivity index is 2.56. The normalized spacial score (nSPS) is 24.9. The predicted molar refractivity (Wildman–Crippen MR) is 57.0 cm³/mol. The highest BCUT2D eigenvalue weighted by atomic mass is 16.4. The molecule has 0 radical (unpaired) electrons. The van der Waals surface area contributed by atoms with Gasteiger partial charge in [-0.3, -0.25) is 0 Å². The molecule has 2 amide bonds. The second kappa shape index (κ2) is 5.16. The summed E-state index contributed by atoms with van der Waals surface area (Å²) in [6.07, 6.45) is -0.643. The van der Waals surface area contributed by atoms with Crippen LogP contribution >= 0.6 is 0 Å². The molecule has 1 rings (SSSR count). The third-order valence-electron chi connectivity index (χ3n) is 2.49. The summed E-state index contributed by atoms with van der Waals surface area (Å²) >= 11 is 0. The van der Waals surface area contributed by atoms with Crippen LogP contribution in [0.5, 0.6) is 0 Å². The van der Waals surface area contributed by atoms with Crippen LogP contribution in [0.2, 0.25) is 0 Å². The van der Waals surface area contributed by atoms with E-state index in [1.165, 1.54) is 4.90 Å². The molecule has 0 bridgehead atoms. The van der Waals surface area contributed by atoms with Crippen LogP contribution in [0.4, 0.5) is 4.79 Å². The molecular weight excluding hydrogens is 212 g/mol. The highest BCUT2D eigenvalue weighted by Gasteiger charge is 2.38. The van der Waals surface area contributed by atoms with Gasteiger partial charge in [0, 0.05) is 19.5 Å². The Morgan fingerprint density at radius 1 is 1.50 bits per heavy atom. The monoisotopic (exact) mass is 230 g/mol. The zero-order valence-corrected chi connectivity index (χ0v) is 9.51. The van der Waals surface area contributed by atoms with E-state index in [1.807, 2.05) is 13.8 Å². The van der Waals surface area contributed by atoms with Crippen LogP contribution in [0, 0.1) is 5.92 Å². The number of hydrogen-bond donors (Lipinski definition) is 3. The molecule has 6 heteroatoms. The van der Waals surface area contributed by atoms with Crippen molar-refractivity contribution in [3.63, 3.8) is 0 Å². The number of nitrogens with one attached hydrogen (secondary N) is 1. The van der Waals surface area contributed by atoms with Crippen molar-refractivity contribution in [3.8, 4) is 0 Å². The molecule has 0 aromatic rings. The lowest BCUT2D eigenvalue weighted by atomic mass is 10.2. The molecule has 1 aliphatic rings. The predicted octanol–water partition coefficient (Wildman–Crippen LogP) is -0.128. The Hall–Kier alpha value is -1.30. The number of nitrogens with zero attached hydrogens (tertiary/aromatic N) is 1. The summed E-state index contributed by atoms with van der Waals surface area (Å²) in [6, 6.07) is -1.33. The van der Waals surface area contributed by atoms with Crippen molar-refractivity contribution in [1.29, 1.82) is 0 Å². The van der Waals surface area contributed by atoms with Crippen LogP contribution in [-0.2, 0) is 4.79 Å². The van der Waals surface area contributed by atoms with Crippen molar-refractivity contribution in [2.24, 2.45) is 5.92 Å². The van der Waals surface area contributed by atoms with Crippen LogP contribution in [0.1, 0.15) is 20.3 Å². The maximum atomic E-state index is 11.7. The fraction of sp³-hybridized carbons (Fsp3) is 0.800. The van der Waals surface area contributed by atoms with Crippen LogP contribution in [0.3, 0.4) is 0 Å². The molecule has 3 N–H and O–H groups in total. The van der Waals surface area contributed by atoms with Gasteiger partial charge in [0.25, 0.3) is 0 Å². The number of carbonyl (C=O) groups excluding carboxylic acids is 1. The number of aliphatic carboxylic acids is 1. The molecule has 0 aliphatic carbocycles. The fourth-order valence-electron chi connectivity index (χ4n) is 1.67. The summed E-state index contributed by atoms with van der Waals surface area (Å²) < 4.78 is 0. The Kier molecular flexibility index (Phi) is 4.12. The second-order valence-corrected chi connectivity index (χ2v) is 4.48. The summed E-state index contributed by atoms with van der Waals surface area (Å²) in [4.78, 5) is 23.7. The first kappa shape index (κ1) is 12.8. The number of carboxylic acids is 1. The minimum Gasteiger partial charge on any atom is -0.480 e. The maximum absolute atomic E-state index is 11.7. The number of urea groups is 1. The zero-order valence-electron chi connectivity index (χ0n) is 9.51. The van der Waals surface area contributed by atoms with E-state index in [2.05, 4.69) is 5.32 Å². The summed E-state index contributed by atoms with van der Waals surface area (Å²) in [5.74, 6) is -0.768. The molecule has 0 aromatic heterocycles. The smallest absolute Gasteiger partial charge is 0.326 e. The molecule has 0 saturated carbocycles. The van der Waals surface area contributed by atoms with Gasteiger partial charge in [-0.25, -0.2) is 9.59 Å². The van der Waals surface area contributed by atoms with Crippen LogP contribution in [-0.4, -0.2) is 52.3 Å². The third kappa shape index (κ3) is 3.10. The van der Waals surface area contributed by atoms with Crippen molar-refractivity contribution in [2.75, 3.05) is 13.1 Å². The average molecular weight is 230 g/mol. The SMILES string of the molecule is CC(C)CNC(=O)N1C[C@H](O)C[C@@H]1C(=O)O. The summed E-state index contributed by atoms with van der Waals surface area (Å²) in [5, 5.41) is 20.9. The molecule has 16 heavy (non-hydrogen) atoms. The first-order chi connectivity index (χ1) is 7.41. The lowest BCUT2D eigenvalue weighted by molar-refractivity contribution is -0.141. The van der Waals surface area contributed by atoms with Gasteiger partial charge in [-0.2, -0.15) is 0 Å². The summed E-state index contributed by atoms with van der Waals surface area (Å²) in [5.41, 5.74) is 0. The Labute approximate surface area is 94.2 Å². The number of carbonyl (C=O) groups is 2. The van der Waals surface area contributed by atoms with Crippen LogP contribution in [0.15, 0.2) is 0 Å². The maximum Gasteiger partial charge on any atom is 0.326 e. The lowest BCUT2D eigenvalue weighted by Gasteiger charge is -2.22. The van der Waals surface area contributed by atoms with Gasteiger partial charge in [-0.1, -0.05) is 13.8 Å². The Bertz CT molecular complexity index is 280. The van der Waals surface area contributed by atoms with E-state index in [0.29, 0.717) is 12.5 Å². The third-order valence-corrected chi connectivity index (χ3v) is 2.49. The summed E-state index contributed by atoms with van der Waals surface area (Å²) in [7, 11) is 0. The van der Waals surface area contributed by atoms with Gasteiger partial charge >= 0.3 is 12.0 Å².